The average molecular weight is 362 g/mol. The number of nitrogens with one attached hydrogen (secondary N) is 1. The minimum atomic E-state index is -3.52. The largest absolute Gasteiger partial charge is 0.398 e. The summed E-state index contributed by atoms with van der Waals surface area (Å²) in [7, 11) is 0.462. The third kappa shape index (κ3) is 3.00. The molecule has 112 valence electrons. The van der Waals surface area contributed by atoms with Gasteiger partial charge in [0, 0.05) is 22.2 Å². The van der Waals surface area contributed by atoms with Gasteiger partial charge in [-0.1, -0.05) is 0 Å². The zero-order valence-electron chi connectivity index (χ0n) is 11.7. The maximum atomic E-state index is 12.3. The van der Waals surface area contributed by atoms with Crippen molar-refractivity contribution in [1.82, 2.24) is 9.62 Å². The lowest BCUT2D eigenvalue weighted by molar-refractivity contribution is 0.0657. The summed E-state index contributed by atoms with van der Waals surface area (Å²) in [5.74, 6) is 0. The molecule has 1 aromatic carbocycles. The third-order valence-electron chi connectivity index (χ3n) is 4.10. The van der Waals surface area contributed by atoms with E-state index in [1.165, 1.54) is 6.07 Å². The maximum absolute atomic E-state index is 12.3. The van der Waals surface area contributed by atoms with Gasteiger partial charge in [0.25, 0.3) is 0 Å². The zero-order chi connectivity index (χ0) is 15.0. The molecule has 0 aliphatic heterocycles. The fourth-order valence-electron chi connectivity index (χ4n) is 2.37. The Balaban J connectivity index is 2.13. The van der Waals surface area contributed by atoms with Crippen LogP contribution in [-0.2, 0) is 10.0 Å². The van der Waals surface area contributed by atoms with Crippen molar-refractivity contribution in [3.05, 3.63) is 22.7 Å². The molecule has 1 aromatic rings. The first-order valence-electron chi connectivity index (χ1n) is 6.49. The van der Waals surface area contributed by atoms with Gasteiger partial charge in [-0.25, -0.2) is 13.1 Å². The van der Waals surface area contributed by atoms with Crippen molar-refractivity contribution in [3.63, 3.8) is 0 Å². The first kappa shape index (κ1) is 15.8. The molecule has 1 fully saturated rings. The zero-order valence-corrected chi connectivity index (χ0v) is 14.1. The molecule has 0 atom stereocenters. The predicted molar refractivity (Wildman–Crippen MR) is 84.0 cm³/mol. The van der Waals surface area contributed by atoms with E-state index in [2.05, 4.69) is 25.6 Å². The van der Waals surface area contributed by atoms with E-state index in [0.717, 1.165) is 19.3 Å². The Morgan fingerprint density at radius 2 is 2.05 bits per heavy atom. The molecule has 0 unspecified atom stereocenters. The molecule has 1 aliphatic carbocycles. The Kier molecular flexibility index (Phi) is 4.44. The highest BCUT2D eigenvalue weighted by Gasteiger charge is 2.39. The van der Waals surface area contributed by atoms with Crippen molar-refractivity contribution < 1.29 is 8.42 Å². The van der Waals surface area contributed by atoms with Crippen LogP contribution in [0.2, 0.25) is 0 Å². The van der Waals surface area contributed by atoms with Crippen LogP contribution in [0, 0.1) is 0 Å². The number of halogens is 1. The topological polar surface area (TPSA) is 75.4 Å². The maximum Gasteiger partial charge on any atom is 0.240 e. The Morgan fingerprint density at radius 1 is 1.40 bits per heavy atom. The van der Waals surface area contributed by atoms with Crippen molar-refractivity contribution in [3.8, 4) is 0 Å². The van der Waals surface area contributed by atoms with Crippen molar-refractivity contribution in [1.29, 1.82) is 0 Å². The van der Waals surface area contributed by atoms with Crippen LogP contribution in [-0.4, -0.2) is 39.5 Å². The van der Waals surface area contributed by atoms with Gasteiger partial charge >= 0.3 is 0 Å². The molecular weight excluding hydrogens is 342 g/mol. The van der Waals surface area contributed by atoms with Gasteiger partial charge in [0.05, 0.1) is 4.90 Å². The van der Waals surface area contributed by atoms with Crippen molar-refractivity contribution in [2.24, 2.45) is 0 Å². The molecule has 1 saturated carbocycles. The lowest BCUT2D eigenvalue weighted by Gasteiger charge is -2.47. The van der Waals surface area contributed by atoms with Gasteiger partial charge < -0.3 is 10.6 Å². The van der Waals surface area contributed by atoms with Crippen LogP contribution in [0.5, 0.6) is 0 Å². The minimum Gasteiger partial charge on any atom is -0.398 e. The number of sulfonamides is 1. The van der Waals surface area contributed by atoms with Gasteiger partial charge in [-0.05, 0) is 67.5 Å². The molecule has 20 heavy (non-hydrogen) atoms. The molecule has 5 nitrogen and oxygen atoms in total. The first-order chi connectivity index (χ1) is 9.27. The van der Waals surface area contributed by atoms with Gasteiger partial charge in [-0.3, -0.25) is 0 Å². The highest BCUT2D eigenvalue weighted by Crippen LogP contribution is 2.35. The summed E-state index contributed by atoms with van der Waals surface area (Å²) in [6.07, 6.45) is 3.18. The normalized spacial score (nSPS) is 18.0. The van der Waals surface area contributed by atoms with E-state index in [1.807, 2.05) is 14.1 Å². The molecule has 0 bridgehead atoms. The number of hydrogen-bond acceptors (Lipinski definition) is 4. The van der Waals surface area contributed by atoms with Crippen LogP contribution in [0.4, 0.5) is 5.69 Å². The van der Waals surface area contributed by atoms with E-state index in [0.29, 0.717) is 16.7 Å². The molecule has 0 amide bonds. The second-order valence-corrected chi connectivity index (χ2v) is 8.10. The Hall–Kier alpha value is -0.630. The summed E-state index contributed by atoms with van der Waals surface area (Å²) in [6, 6.07) is 4.66. The van der Waals surface area contributed by atoms with Gasteiger partial charge in [-0.15, -0.1) is 0 Å². The van der Waals surface area contributed by atoms with Crippen molar-refractivity contribution in [2.45, 2.75) is 29.7 Å². The van der Waals surface area contributed by atoms with Gasteiger partial charge in [0.15, 0.2) is 0 Å². The third-order valence-corrected chi connectivity index (χ3v) is 6.22. The van der Waals surface area contributed by atoms with Gasteiger partial charge in [0.2, 0.25) is 10.0 Å². The fraction of sp³-hybridized carbons (Fsp3) is 0.538. The standard InChI is InChI=1S/C13H20BrN3O2S/c1-17(2)13(6-3-7-13)9-16-20(18,19)10-4-5-11(14)12(15)8-10/h4-5,8,16H,3,6-7,9,15H2,1-2H3. The summed E-state index contributed by atoms with van der Waals surface area (Å²) < 4.78 is 28.0. The van der Waals surface area contributed by atoms with Crippen LogP contribution in [0.1, 0.15) is 19.3 Å². The summed E-state index contributed by atoms with van der Waals surface area (Å²) in [4.78, 5) is 2.31. The smallest absolute Gasteiger partial charge is 0.240 e. The number of likely N-dealkylation sites (N-methyl/N-ethyl adjacent to an activating group) is 1. The molecule has 0 spiro atoms. The van der Waals surface area contributed by atoms with Gasteiger partial charge in [-0.2, -0.15) is 0 Å². The van der Waals surface area contributed by atoms with E-state index >= 15 is 0 Å². The lowest BCUT2D eigenvalue weighted by Crippen LogP contribution is -2.57. The molecule has 0 heterocycles. The molecule has 1 aliphatic rings. The fourth-order valence-corrected chi connectivity index (χ4v) is 3.77. The summed E-state index contributed by atoms with van der Waals surface area (Å²) in [6.45, 7) is 0.429. The molecule has 3 N–H and O–H groups in total. The molecular formula is C13H20BrN3O2S. The Bertz CT molecular complexity index is 598. The SMILES string of the molecule is CN(C)C1(CNS(=O)(=O)c2ccc(Br)c(N)c2)CCC1. The predicted octanol–water partition coefficient (Wildman–Crippen LogP) is 1.79. The average Bonchev–Trinajstić information content (AvgIpc) is 2.30. The highest BCUT2D eigenvalue weighted by atomic mass is 79.9. The lowest BCUT2D eigenvalue weighted by atomic mass is 9.76. The second-order valence-electron chi connectivity index (χ2n) is 5.48. The van der Waals surface area contributed by atoms with E-state index in [-0.39, 0.29) is 10.4 Å². The number of nitrogens with two attached hydrogens (primary N) is 1. The Morgan fingerprint density at radius 3 is 2.50 bits per heavy atom. The van der Waals surface area contributed by atoms with E-state index in [1.54, 1.807) is 12.1 Å². The number of hydrogen-bond donors (Lipinski definition) is 2. The molecule has 0 radical (unpaired) electrons. The van der Waals surface area contributed by atoms with Crippen LogP contribution in [0.15, 0.2) is 27.6 Å². The minimum absolute atomic E-state index is 0.0476. The summed E-state index contributed by atoms with van der Waals surface area (Å²) >= 11 is 3.26. The number of nitrogen functional groups attached to an aromatic ring is 1. The number of nitrogens with zero attached hydrogens (tertiary/aromatic N) is 1. The number of benzene rings is 1. The van der Waals surface area contributed by atoms with Crippen molar-refractivity contribution >= 4 is 31.6 Å². The van der Waals surface area contributed by atoms with Crippen LogP contribution in [0.25, 0.3) is 0 Å². The van der Waals surface area contributed by atoms with E-state index in [9.17, 15) is 8.42 Å². The quantitative estimate of drug-likeness (QED) is 0.784. The van der Waals surface area contributed by atoms with Crippen molar-refractivity contribution in [2.75, 3.05) is 26.4 Å². The molecule has 0 aromatic heterocycles. The first-order valence-corrected chi connectivity index (χ1v) is 8.77. The molecule has 0 saturated heterocycles. The summed E-state index contributed by atoms with van der Waals surface area (Å²) in [5.41, 5.74) is 6.11. The van der Waals surface area contributed by atoms with Crippen LogP contribution >= 0.6 is 15.9 Å². The highest BCUT2D eigenvalue weighted by molar-refractivity contribution is 9.10. The monoisotopic (exact) mass is 361 g/mol. The number of rotatable bonds is 5. The Labute approximate surface area is 128 Å². The van der Waals surface area contributed by atoms with Crippen LogP contribution in [0.3, 0.4) is 0 Å². The summed E-state index contributed by atoms with van der Waals surface area (Å²) in [5, 5.41) is 0. The molecule has 2 rings (SSSR count). The molecule has 7 heteroatoms. The van der Waals surface area contributed by atoms with Gasteiger partial charge in [0.1, 0.15) is 0 Å². The van der Waals surface area contributed by atoms with Crippen LogP contribution < -0.4 is 10.5 Å². The van der Waals surface area contributed by atoms with E-state index < -0.39 is 10.0 Å². The number of anilines is 1. The second kappa shape index (κ2) is 5.63. The van der Waals surface area contributed by atoms with E-state index in [4.69, 9.17) is 5.73 Å².